The number of benzene rings is 3. The van der Waals surface area contributed by atoms with Gasteiger partial charge in [-0.2, -0.15) is 4.68 Å². The number of nitrogens with one attached hydrogen (secondary N) is 1. The van der Waals surface area contributed by atoms with Gasteiger partial charge in [0.1, 0.15) is 12.2 Å². The standard InChI is InChI=1S/C27H21ClN8O/c1-17-7-9-21-23(11-17)32-27(31-21)25(12-18-5-3-2-4-6-18)35-15-29-22(14-26(35)37)20-13-19(28)8-10-24(20)36-16-30-33-34-36/h2-11,13-16,25H,12H2,1H3,(H,31,32). The van der Waals surface area contributed by atoms with Gasteiger partial charge in [-0.25, -0.2) is 9.97 Å². The molecule has 0 aliphatic rings. The molecule has 9 nitrogen and oxygen atoms in total. The maximum atomic E-state index is 13.6. The lowest BCUT2D eigenvalue weighted by atomic mass is 10.0. The number of hydrogen-bond donors (Lipinski definition) is 1. The summed E-state index contributed by atoms with van der Waals surface area (Å²) in [6, 6.07) is 22.5. The van der Waals surface area contributed by atoms with Crippen molar-refractivity contribution >= 4 is 22.6 Å². The molecule has 0 aliphatic heterocycles. The van der Waals surface area contributed by atoms with E-state index in [-0.39, 0.29) is 11.6 Å². The minimum atomic E-state index is -0.387. The molecule has 3 aromatic heterocycles. The van der Waals surface area contributed by atoms with Crippen LogP contribution in [-0.2, 0) is 6.42 Å². The second-order valence-corrected chi connectivity index (χ2v) is 9.22. The molecule has 1 unspecified atom stereocenters. The van der Waals surface area contributed by atoms with Gasteiger partial charge < -0.3 is 4.98 Å². The van der Waals surface area contributed by atoms with Crippen molar-refractivity contribution in [3.8, 4) is 16.9 Å². The fourth-order valence-corrected chi connectivity index (χ4v) is 4.61. The SMILES string of the molecule is Cc1ccc2nc(C(Cc3ccccc3)n3cnc(-c4cc(Cl)ccc4-n4cnnn4)cc3=O)[nH]c2c1. The van der Waals surface area contributed by atoms with Gasteiger partial charge in [0, 0.05) is 23.1 Å². The summed E-state index contributed by atoms with van der Waals surface area (Å²) in [5, 5.41) is 11.9. The van der Waals surface area contributed by atoms with Crippen molar-refractivity contribution in [2.45, 2.75) is 19.4 Å². The highest BCUT2D eigenvalue weighted by molar-refractivity contribution is 6.31. The Morgan fingerprint density at radius 2 is 1.86 bits per heavy atom. The number of nitrogens with zero attached hydrogens (tertiary/aromatic N) is 7. The third-order valence-corrected chi connectivity index (χ3v) is 6.48. The van der Waals surface area contributed by atoms with E-state index in [0.29, 0.717) is 34.2 Å². The molecule has 3 heterocycles. The lowest BCUT2D eigenvalue weighted by molar-refractivity contribution is 0.530. The summed E-state index contributed by atoms with van der Waals surface area (Å²) in [4.78, 5) is 26.5. The Balaban J connectivity index is 1.46. The van der Waals surface area contributed by atoms with Crippen LogP contribution in [0.3, 0.4) is 0 Å². The number of aryl methyl sites for hydroxylation is 1. The molecule has 0 saturated carbocycles. The van der Waals surface area contributed by atoms with E-state index in [9.17, 15) is 4.79 Å². The van der Waals surface area contributed by atoms with E-state index in [4.69, 9.17) is 16.6 Å². The molecule has 0 saturated heterocycles. The second kappa shape index (κ2) is 9.44. The molecule has 10 heteroatoms. The summed E-state index contributed by atoms with van der Waals surface area (Å²) in [6.45, 7) is 2.04. The average molecular weight is 509 g/mol. The summed E-state index contributed by atoms with van der Waals surface area (Å²) in [7, 11) is 0. The third kappa shape index (κ3) is 4.52. The zero-order valence-corrected chi connectivity index (χ0v) is 20.5. The van der Waals surface area contributed by atoms with Crippen molar-refractivity contribution in [1.82, 2.24) is 39.7 Å². The van der Waals surface area contributed by atoms with Crippen molar-refractivity contribution in [2.24, 2.45) is 0 Å². The number of tetrazole rings is 1. The largest absolute Gasteiger partial charge is 0.340 e. The monoisotopic (exact) mass is 508 g/mol. The maximum absolute atomic E-state index is 13.6. The molecule has 0 amide bonds. The summed E-state index contributed by atoms with van der Waals surface area (Å²) in [5.41, 5.74) is 5.53. The molecule has 0 spiro atoms. The molecular weight excluding hydrogens is 488 g/mol. The van der Waals surface area contributed by atoms with Crippen LogP contribution in [0.2, 0.25) is 5.02 Å². The van der Waals surface area contributed by atoms with Gasteiger partial charge in [-0.3, -0.25) is 9.36 Å². The lowest BCUT2D eigenvalue weighted by Crippen LogP contribution is -2.27. The zero-order chi connectivity index (χ0) is 25.4. The van der Waals surface area contributed by atoms with Gasteiger partial charge in [-0.05, 0) is 58.8 Å². The van der Waals surface area contributed by atoms with Crippen LogP contribution in [0.25, 0.3) is 28.0 Å². The van der Waals surface area contributed by atoms with Crippen LogP contribution in [0.4, 0.5) is 0 Å². The molecule has 1 atom stereocenters. The number of hydrogen-bond acceptors (Lipinski definition) is 6. The Labute approximate surface area is 216 Å². The van der Waals surface area contributed by atoms with E-state index >= 15 is 0 Å². The normalized spacial score (nSPS) is 12.2. The van der Waals surface area contributed by atoms with Crippen LogP contribution in [-0.4, -0.2) is 39.7 Å². The Kier molecular flexibility index (Phi) is 5.82. The summed E-state index contributed by atoms with van der Waals surface area (Å²) in [5.74, 6) is 0.693. The van der Waals surface area contributed by atoms with E-state index < -0.39 is 0 Å². The second-order valence-electron chi connectivity index (χ2n) is 8.78. The first kappa shape index (κ1) is 22.8. The highest BCUT2D eigenvalue weighted by Crippen LogP contribution is 2.28. The van der Waals surface area contributed by atoms with Gasteiger partial charge in [-0.1, -0.05) is 48.0 Å². The fourth-order valence-electron chi connectivity index (χ4n) is 4.44. The van der Waals surface area contributed by atoms with Gasteiger partial charge in [0.05, 0.1) is 34.8 Å². The van der Waals surface area contributed by atoms with Crippen LogP contribution in [0.5, 0.6) is 0 Å². The van der Waals surface area contributed by atoms with Gasteiger partial charge in [0.15, 0.2) is 0 Å². The first-order valence-corrected chi connectivity index (χ1v) is 12.0. The van der Waals surface area contributed by atoms with Crippen molar-refractivity contribution in [3.63, 3.8) is 0 Å². The molecule has 0 aliphatic carbocycles. The lowest BCUT2D eigenvalue weighted by Gasteiger charge is -2.18. The molecule has 0 fully saturated rings. The van der Waals surface area contributed by atoms with Crippen LogP contribution in [0, 0.1) is 6.92 Å². The quantitative estimate of drug-likeness (QED) is 0.353. The van der Waals surface area contributed by atoms with E-state index in [1.54, 1.807) is 29.1 Å². The van der Waals surface area contributed by atoms with Crippen molar-refractivity contribution in [1.29, 1.82) is 0 Å². The fraction of sp³-hybridized carbons (Fsp3) is 0.111. The number of imidazole rings is 1. The highest BCUT2D eigenvalue weighted by Gasteiger charge is 2.21. The van der Waals surface area contributed by atoms with E-state index in [1.165, 1.54) is 17.1 Å². The third-order valence-electron chi connectivity index (χ3n) is 6.25. The minimum absolute atomic E-state index is 0.217. The van der Waals surface area contributed by atoms with Crippen molar-refractivity contribution in [2.75, 3.05) is 0 Å². The van der Waals surface area contributed by atoms with E-state index in [1.807, 2.05) is 49.4 Å². The molecule has 6 aromatic rings. The topological polar surface area (TPSA) is 107 Å². The Bertz CT molecular complexity index is 1760. The predicted octanol–water partition coefficient (Wildman–Crippen LogP) is 4.56. The van der Waals surface area contributed by atoms with Crippen LogP contribution in [0.15, 0.2) is 90.2 Å². The Morgan fingerprint density at radius 1 is 1.00 bits per heavy atom. The molecule has 0 radical (unpaired) electrons. The van der Waals surface area contributed by atoms with Gasteiger partial charge in [-0.15, -0.1) is 5.10 Å². The number of H-pyrrole nitrogens is 1. The van der Waals surface area contributed by atoms with Gasteiger partial charge in [0.2, 0.25) is 0 Å². The average Bonchev–Trinajstić information content (AvgIpc) is 3.58. The van der Waals surface area contributed by atoms with Gasteiger partial charge >= 0.3 is 0 Å². The minimum Gasteiger partial charge on any atom is -0.340 e. The first-order valence-electron chi connectivity index (χ1n) is 11.7. The summed E-state index contributed by atoms with van der Waals surface area (Å²) < 4.78 is 3.12. The number of rotatable bonds is 6. The van der Waals surface area contributed by atoms with Crippen LogP contribution >= 0.6 is 11.6 Å². The van der Waals surface area contributed by atoms with Crippen LogP contribution in [0.1, 0.15) is 23.0 Å². The number of halogens is 1. The van der Waals surface area contributed by atoms with Gasteiger partial charge in [0.25, 0.3) is 5.56 Å². The maximum Gasteiger partial charge on any atom is 0.254 e. The van der Waals surface area contributed by atoms with E-state index in [2.05, 4.69) is 31.6 Å². The Hall–Kier alpha value is -4.63. The molecule has 0 bridgehead atoms. The smallest absolute Gasteiger partial charge is 0.254 e. The van der Waals surface area contributed by atoms with E-state index in [0.717, 1.165) is 22.2 Å². The molecule has 3 aromatic carbocycles. The molecule has 37 heavy (non-hydrogen) atoms. The summed E-state index contributed by atoms with van der Waals surface area (Å²) in [6.07, 6.45) is 3.61. The number of aromatic nitrogens is 8. The summed E-state index contributed by atoms with van der Waals surface area (Å²) >= 11 is 6.29. The van der Waals surface area contributed by atoms with Crippen molar-refractivity contribution < 1.29 is 0 Å². The molecule has 6 rings (SSSR count). The molecule has 182 valence electrons. The molecular formula is C27H21ClN8O. The predicted molar refractivity (Wildman–Crippen MR) is 141 cm³/mol. The Morgan fingerprint density at radius 3 is 2.65 bits per heavy atom. The number of fused-ring (bicyclic) bond motifs is 1. The number of aromatic amines is 1. The molecule has 1 N–H and O–H groups in total. The highest BCUT2D eigenvalue weighted by atomic mass is 35.5. The first-order chi connectivity index (χ1) is 18.0. The van der Waals surface area contributed by atoms with Crippen molar-refractivity contribution in [3.05, 3.63) is 118 Å². The zero-order valence-electron chi connectivity index (χ0n) is 19.8. The van der Waals surface area contributed by atoms with Crippen LogP contribution < -0.4 is 5.56 Å².